The number of aromatic nitrogens is 1. The van der Waals surface area contributed by atoms with Crippen LogP contribution in [0.15, 0.2) is 30.5 Å². The van der Waals surface area contributed by atoms with E-state index in [0.29, 0.717) is 12.5 Å². The van der Waals surface area contributed by atoms with Crippen molar-refractivity contribution in [2.24, 2.45) is 5.92 Å². The van der Waals surface area contributed by atoms with E-state index in [1.165, 1.54) is 35.9 Å². The summed E-state index contributed by atoms with van der Waals surface area (Å²) < 4.78 is 0. The molecule has 21 heavy (non-hydrogen) atoms. The van der Waals surface area contributed by atoms with Gasteiger partial charge < -0.3 is 20.3 Å². The van der Waals surface area contributed by atoms with Gasteiger partial charge in [0.05, 0.1) is 0 Å². The van der Waals surface area contributed by atoms with Crippen LogP contribution >= 0.6 is 0 Å². The van der Waals surface area contributed by atoms with Crippen molar-refractivity contribution in [1.82, 2.24) is 15.2 Å². The Kier molecular flexibility index (Phi) is 4.91. The van der Waals surface area contributed by atoms with Crippen LogP contribution in [0.1, 0.15) is 18.4 Å². The molecule has 1 fully saturated rings. The van der Waals surface area contributed by atoms with E-state index in [9.17, 15) is 5.11 Å². The maximum atomic E-state index is 9.25. The second-order valence-corrected chi connectivity index (χ2v) is 6.07. The fourth-order valence-electron chi connectivity index (χ4n) is 3.19. The van der Waals surface area contributed by atoms with E-state index >= 15 is 0 Å². The maximum Gasteiger partial charge on any atom is 0.0471 e. The van der Waals surface area contributed by atoms with Crippen molar-refractivity contribution in [2.45, 2.75) is 19.4 Å². The van der Waals surface area contributed by atoms with Crippen LogP contribution in [0, 0.1) is 5.92 Å². The summed E-state index contributed by atoms with van der Waals surface area (Å²) in [7, 11) is 0. The monoisotopic (exact) mass is 287 g/mol. The molecule has 0 aliphatic carbocycles. The first kappa shape index (κ1) is 14.6. The molecule has 1 aromatic carbocycles. The summed E-state index contributed by atoms with van der Waals surface area (Å²) in [5.74, 6) is 0.481. The summed E-state index contributed by atoms with van der Waals surface area (Å²) in [4.78, 5) is 5.68. The molecule has 0 spiro atoms. The van der Waals surface area contributed by atoms with Crippen molar-refractivity contribution >= 4 is 10.9 Å². The molecule has 1 atom stereocenters. The average molecular weight is 287 g/mol. The van der Waals surface area contributed by atoms with Gasteiger partial charge in [0.1, 0.15) is 0 Å². The van der Waals surface area contributed by atoms with Crippen molar-refractivity contribution in [2.75, 3.05) is 32.8 Å². The zero-order chi connectivity index (χ0) is 14.5. The molecule has 2 aromatic rings. The van der Waals surface area contributed by atoms with E-state index in [1.54, 1.807) is 0 Å². The van der Waals surface area contributed by atoms with Crippen molar-refractivity contribution < 1.29 is 5.11 Å². The number of nitrogens with one attached hydrogen (secondary N) is 2. The normalized spacial score (nSPS) is 20.1. The zero-order valence-corrected chi connectivity index (χ0v) is 12.5. The molecule has 0 radical (unpaired) electrons. The molecule has 4 nitrogen and oxygen atoms in total. The van der Waals surface area contributed by atoms with Crippen LogP contribution in [0.2, 0.25) is 0 Å². The van der Waals surface area contributed by atoms with Crippen LogP contribution in [0.4, 0.5) is 0 Å². The third-order valence-corrected chi connectivity index (χ3v) is 4.41. The number of hydrogen-bond acceptors (Lipinski definition) is 3. The first-order valence-corrected chi connectivity index (χ1v) is 7.95. The average Bonchev–Trinajstić information content (AvgIpc) is 2.99. The van der Waals surface area contributed by atoms with Gasteiger partial charge >= 0.3 is 0 Å². The van der Waals surface area contributed by atoms with E-state index in [1.807, 2.05) is 6.20 Å². The highest BCUT2D eigenvalue weighted by atomic mass is 16.3. The standard InChI is InChI=1S/C17H25N3O/c21-13-15-2-1-8-20(12-15)9-7-18-11-14-3-4-17-16(10-14)5-6-19-17/h3-6,10,15,18-19,21H,1-2,7-9,11-13H2. The van der Waals surface area contributed by atoms with Gasteiger partial charge in [-0.1, -0.05) is 6.07 Å². The van der Waals surface area contributed by atoms with Gasteiger partial charge in [0, 0.05) is 44.5 Å². The highest BCUT2D eigenvalue weighted by molar-refractivity contribution is 5.79. The molecule has 1 aliphatic rings. The topological polar surface area (TPSA) is 51.3 Å². The molecule has 3 N–H and O–H groups in total. The molecule has 0 amide bonds. The molecule has 4 heteroatoms. The fraction of sp³-hybridized carbons (Fsp3) is 0.529. The first-order valence-electron chi connectivity index (χ1n) is 7.95. The lowest BCUT2D eigenvalue weighted by Crippen LogP contribution is -2.40. The van der Waals surface area contributed by atoms with Crippen molar-refractivity contribution in [3.05, 3.63) is 36.0 Å². The van der Waals surface area contributed by atoms with Crippen molar-refractivity contribution in [1.29, 1.82) is 0 Å². The van der Waals surface area contributed by atoms with E-state index < -0.39 is 0 Å². The molecule has 1 aliphatic heterocycles. The minimum atomic E-state index is 0.334. The number of piperidine rings is 1. The maximum absolute atomic E-state index is 9.25. The minimum Gasteiger partial charge on any atom is -0.396 e. The largest absolute Gasteiger partial charge is 0.396 e. The van der Waals surface area contributed by atoms with E-state index in [0.717, 1.165) is 26.2 Å². The molecule has 114 valence electrons. The van der Waals surface area contributed by atoms with E-state index in [2.05, 4.69) is 39.5 Å². The third kappa shape index (κ3) is 3.84. The van der Waals surface area contributed by atoms with Gasteiger partial charge in [-0.05, 0) is 54.5 Å². The third-order valence-electron chi connectivity index (χ3n) is 4.41. The Morgan fingerprint density at radius 1 is 1.33 bits per heavy atom. The molecule has 0 saturated carbocycles. The second-order valence-electron chi connectivity index (χ2n) is 6.07. The first-order chi connectivity index (χ1) is 10.3. The van der Waals surface area contributed by atoms with Crippen LogP contribution in [0.3, 0.4) is 0 Å². The van der Waals surface area contributed by atoms with Gasteiger partial charge in [-0.15, -0.1) is 0 Å². The van der Waals surface area contributed by atoms with E-state index in [-0.39, 0.29) is 0 Å². The second kappa shape index (κ2) is 7.07. The molecule has 1 unspecified atom stereocenters. The highest BCUT2D eigenvalue weighted by Crippen LogP contribution is 2.15. The van der Waals surface area contributed by atoms with Crippen molar-refractivity contribution in [3.63, 3.8) is 0 Å². The number of likely N-dealkylation sites (tertiary alicyclic amines) is 1. The summed E-state index contributed by atoms with van der Waals surface area (Å²) in [5, 5.41) is 14.1. The van der Waals surface area contributed by atoms with Gasteiger partial charge in [-0.2, -0.15) is 0 Å². The Labute approximate surface area is 126 Å². The minimum absolute atomic E-state index is 0.334. The number of hydrogen-bond donors (Lipinski definition) is 3. The lowest BCUT2D eigenvalue weighted by atomic mass is 9.99. The van der Waals surface area contributed by atoms with Gasteiger partial charge in [-0.25, -0.2) is 0 Å². The number of aliphatic hydroxyl groups is 1. The van der Waals surface area contributed by atoms with Crippen LogP contribution in [0.25, 0.3) is 10.9 Å². The summed E-state index contributed by atoms with van der Waals surface area (Å²) >= 11 is 0. The molecule has 0 bridgehead atoms. The van der Waals surface area contributed by atoms with E-state index in [4.69, 9.17) is 0 Å². The van der Waals surface area contributed by atoms with Crippen LogP contribution in [0.5, 0.6) is 0 Å². The molecular formula is C17H25N3O. The lowest BCUT2D eigenvalue weighted by Gasteiger charge is -2.31. The van der Waals surface area contributed by atoms with Crippen LogP contribution in [-0.2, 0) is 6.54 Å². The molecule has 1 aromatic heterocycles. The van der Waals surface area contributed by atoms with Crippen LogP contribution < -0.4 is 5.32 Å². The highest BCUT2D eigenvalue weighted by Gasteiger charge is 2.18. The molecular weight excluding hydrogens is 262 g/mol. The summed E-state index contributed by atoms with van der Waals surface area (Å²) in [6, 6.07) is 8.67. The number of aliphatic hydroxyl groups excluding tert-OH is 1. The molecule has 3 rings (SSSR count). The Bertz CT molecular complexity index is 566. The number of H-pyrrole nitrogens is 1. The zero-order valence-electron chi connectivity index (χ0n) is 12.5. The number of rotatable bonds is 6. The predicted molar refractivity (Wildman–Crippen MR) is 86.3 cm³/mol. The van der Waals surface area contributed by atoms with Gasteiger partial charge in [0.15, 0.2) is 0 Å². The summed E-state index contributed by atoms with van der Waals surface area (Å²) in [6.45, 7) is 5.55. The molecule has 2 heterocycles. The number of nitrogens with zero attached hydrogens (tertiary/aromatic N) is 1. The Hall–Kier alpha value is -1.36. The van der Waals surface area contributed by atoms with Crippen molar-refractivity contribution in [3.8, 4) is 0 Å². The Balaban J connectivity index is 1.41. The predicted octanol–water partition coefficient (Wildman–Crippen LogP) is 1.96. The van der Waals surface area contributed by atoms with Gasteiger partial charge in [0.2, 0.25) is 0 Å². The SMILES string of the molecule is OCC1CCCN(CCNCc2ccc3[nH]ccc3c2)C1. The summed E-state index contributed by atoms with van der Waals surface area (Å²) in [6.07, 6.45) is 4.38. The summed E-state index contributed by atoms with van der Waals surface area (Å²) in [5.41, 5.74) is 2.52. The lowest BCUT2D eigenvalue weighted by molar-refractivity contribution is 0.121. The Morgan fingerprint density at radius 3 is 3.19 bits per heavy atom. The molecule has 1 saturated heterocycles. The van der Waals surface area contributed by atoms with Gasteiger partial charge in [0.25, 0.3) is 0 Å². The fourth-order valence-corrected chi connectivity index (χ4v) is 3.19. The number of fused-ring (bicyclic) bond motifs is 1. The van der Waals surface area contributed by atoms with Gasteiger partial charge in [-0.3, -0.25) is 0 Å². The number of aromatic amines is 1. The number of benzene rings is 1. The van der Waals surface area contributed by atoms with Crippen LogP contribution in [-0.4, -0.2) is 47.8 Å². The quantitative estimate of drug-likeness (QED) is 0.712. The Morgan fingerprint density at radius 2 is 2.29 bits per heavy atom. The smallest absolute Gasteiger partial charge is 0.0471 e.